The third-order valence-corrected chi connectivity index (χ3v) is 4.75. The van der Waals surface area contributed by atoms with Crippen LogP contribution in [0.15, 0.2) is 53.7 Å². The molecule has 3 rings (SSSR count). The molecule has 0 radical (unpaired) electrons. The molecule has 1 aliphatic heterocycles. The van der Waals surface area contributed by atoms with E-state index in [9.17, 15) is 9.18 Å². The third kappa shape index (κ3) is 5.55. The summed E-state index contributed by atoms with van der Waals surface area (Å²) in [5, 5.41) is 4.76. The Balaban J connectivity index is 1.68. The van der Waals surface area contributed by atoms with Gasteiger partial charge in [-0.1, -0.05) is 54.9 Å². The van der Waals surface area contributed by atoms with Crippen LogP contribution in [0.1, 0.15) is 37.8 Å². The maximum absolute atomic E-state index is 13.5. The van der Waals surface area contributed by atoms with E-state index in [4.69, 9.17) is 16.4 Å². The second kappa shape index (κ2) is 9.20. The molecule has 1 heterocycles. The van der Waals surface area contributed by atoms with Gasteiger partial charge in [-0.25, -0.2) is 4.39 Å². The summed E-state index contributed by atoms with van der Waals surface area (Å²) in [6.07, 6.45) is 0.739. The molecular weight excluding hydrogens is 379 g/mol. The SMILES string of the molecule is CC(C)CC(=O)N(Cc1cccc(Cl)c1)C[C@H]1CC(c2cccc(F)c2)=NO1. The van der Waals surface area contributed by atoms with Gasteiger partial charge in [0.1, 0.15) is 5.82 Å². The Morgan fingerprint density at radius 1 is 1.29 bits per heavy atom. The molecule has 1 amide bonds. The number of halogens is 2. The topological polar surface area (TPSA) is 41.9 Å². The van der Waals surface area contributed by atoms with Crippen LogP contribution in [0.4, 0.5) is 4.39 Å². The number of oxime groups is 1. The Morgan fingerprint density at radius 2 is 2.07 bits per heavy atom. The van der Waals surface area contributed by atoms with Gasteiger partial charge in [0, 0.05) is 30.0 Å². The molecule has 1 aliphatic rings. The van der Waals surface area contributed by atoms with E-state index in [-0.39, 0.29) is 23.7 Å². The number of rotatable bonds is 7. The van der Waals surface area contributed by atoms with Gasteiger partial charge in [0.15, 0.2) is 6.10 Å². The number of amides is 1. The van der Waals surface area contributed by atoms with E-state index >= 15 is 0 Å². The molecule has 2 aromatic rings. The molecule has 28 heavy (non-hydrogen) atoms. The first-order valence-electron chi connectivity index (χ1n) is 9.41. The van der Waals surface area contributed by atoms with Crippen LogP contribution in [0.2, 0.25) is 5.02 Å². The first-order chi connectivity index (χ1) is 13.4. The Labute approximate surface area is 169 Å². The minimum Gasteiger partial charge on any atom is -0.390 e. The lowest BCUT2D eigenvalue weighted by atomic mass is 10.0. The Kier molecular flexibility index (Phi) is 6.68. The van der Waals surface area contributed by atoms with Crippen molar-refractivity contribution in [2.75, 3.05) is 6.54 Å². The molecule has 0 saturated carbocycles. The van der Waals surface area contributed by atoms with Gasteiger partial charge in [-0.3, -0.25) is 4.79 Å². The summed E-state index contributed by atoms with van der Waals surface area (Å²) in [6, 6.07) is 13.8. The molecule has 4 nitrogen and oxygen atoms in total. The first-order valence-corrected chi connectivity index (χ1v) is 9.79. The number of carbonyl (C=O) groups is 1. The maximum Gasteiger partial charge on any atom is 0.223 e. The van der Waals surface area contributed by atoms with Crippen molar-refractivity contribution in [1.82, 2.24) is 4.90 Å². The van der Waals surface area contributed by atoms with E-state index < -0.39 is 0 Å². The second-order valence-electron chi connectivity index (χ2n) is 7.48. The van der Waals surface area contributed by atoms with E-state index in [1.54, 1.807) is 17.0 Å². The normalized spacial score (nSPS) is 16.0. The predicted molar refractivity (Wildman–Crippen MR) is 109 cm³/mol. The van der Waals surface area contributed by atoms with Crippen molar-refractivity contribution in [2.24, 2.45) is 11.1 Å². The van der Waals surface area contributed by atoms with E-state index in [1.165, 1.54) is 12.1 Å². The average molecular weight is 403 g/mol. The van der Waals surface area contributed by atoms with Gasteiger partial charge in [0.2, 0.25) is 5.91 Å². The quantitative estimate of drug-likeness (QED) is 0.650. The number of hydrogen-bond acceptors (Lipinski definition) is 3. The van der Waals surface area contributed by atoms with Crippen LogP contribution in [0, 0.1) is 11.7 Å². The van der Waals surface area contributed by atoms with Crippen LogP contribution >= 0.6 is 11.6 Å². The summed E-state index contributed by atoms with van der Waals surface area (Å²) >= 11 is 6.09. The molecule has 0 fully saturated rings. The average Bonchev–Trinajstić information content (AvgIpc) is 3.09. The second-order valence-corrected chi connectivity index (χ2v) is 7.92. The zero-order chi connectivity index (χ0) is 20.1. The van der Waals surface area contributed by atoms with E-state index in [1.807, 2.05) is 38.1 Å². The number of hydrogen-bond donors (Lipinski definition) is 0. The predicted octanol–water partition coefficient (Wildman–Crippen LogP) is 5.05. The van der Waals surface area contributed by atoms with Gasteiger partial charge in [0.05, 0.1) is 12.3 Å². The fourth-order valence-corrected chi connectivity index (χ4v) is 3.41. The molecule has 6 heteroatoms. The molecule has 0 N–H and O–H groups in total. The fraction of sp³-hybridized carbons (Fsp3) is 0.364. The van der Waals surface area contributed by atoms with Crippen molar-refractivity contribution in [3.8, 4) is 0 Å². The fourth-order valence-electron chi connectivity index (χ4n) is 3.20. The van der Waals surface area contributed by atoms with Gasteiger partial charge < -0.3 is 9.74 Å². The molecule has 0 aromatic heterocycles. The zero-order valence-electron chi connectivity index (χ0n) is 16.1. The highest BCUT2D eigenvalue weighted by Crippen LogP contribution is 2.21. The standard InChI is InChI=1S/C22H24ClFN2O2/c1-15(2)9-22(27)26(13-16-5-3-7-18(23)10-16)14-20-12-21(25-28-20)17-6-4-8-19(24)11-17/h3-8,10-11,15,20H,9,12-14H2,1-2H3/t20-/m1/s1. The van der Waals surface area contributed by atoms with Gasteiger partial charge in [-0.15, -0.1) is 0 Å². The monoisotopic (exact) mass is 402 g/mol. The summed E-state index contributed by atoms with van der Waals surface area (Å²) in [6.45, 7) is 4.92. The Bertz CT molecular complexity index is 869. The molecule has 0 unspecified atom stereocenters. The summed E-state index contributed by atoms with van der Waals surface area (Å²) < 4.78 is 13.5. The van der Waals surface area contributed by atoms with Crippen molar-refractivity contribution in [2.45, 2.75) is 39.3 Å². The van der Waals surface area contributed by atoms with Crippen LogP contribution in [-0.4, -0.2) is 29.2 Å². The molecule has 1 atom stereocenters. The van der Waals surface area contributed by atoms with Gasteiger partial charge in [-0.2, -0.15) is 0 Å². The highest BCUT2D eigenvalue weighted by atomic mass is 35.5. The minimum atomic E-state index is -0.307. The van der Waals surface area contributed by atoms with Crippen LogP contribution in [0.3, 0.4) is 0 Å². The van der Waals surface area contributed by atoms with Gasteiger partial charge in [0.25, 0.3) is 0 Å². The van der Waals surface area contributed by atoms with E-state index in [2.05, 4.69) is 5.16 Å². The zero-order valence-corrected chi connectivity index (χ0v) is 16.8. The Morgan fingerprint density at radius 3 is 2.79 bits per heavy atom. The van der Waals surface area contributed by atoms with Crippen LogP contribution in [-0.2, 0) is 16.2 Å². The van der Waals surface area contributed by atoms with E-state index in [0.717, 1.165) is 5.56 Å². The number of carbonyl (C=O) groups excluding carboxylic acids is 1. The molecular formula is C22H24ClFN2O2. The van der Waals surface area contributed by atoms with Crippen LogP contribution in [0.25, 0.3) is 0 Å². The number of benzene rings is 2. The van der Waals surface area contributed by atoms with Crippen molar-refractivity contribution < 1.29 is 14.0 Å². The maximum atomic E-state index is 13.5. The molecule has 0 saturated heterocycles. The summed E-state index contributed by atoms with van der Waals surface area (Å²) in [5.41, 5.74) is 2.37. The Hall–Kier alpha value is -2.40. The van der Waals surface area contributed by atoms with Crippen molar-refractivity contribution in [1.29, 1.82) is 0 Å². The molecule has 0 spiro atoms. The molecule has 0 aliphatic carbocycles. The van der Waals surface area contributed by atoms with Crippen molar-refractivity contribution >= 4 is 23.2 Å². The molecule has 0 bridgehead atoms. The van der Waals surface area contributed by atoms with Gasteiger partial charge >= 0.3 is 0 Å². The largest absolute Gasteiger partial charge is 0.390 e. The highest BCUT2D eigenvalue weighted by molar-refractivity contribution is 6.30. The van der Waals surface area contributed by atoms with Crippen molar-refractivity contribution in [3.05, 3.63) is 70.5 Å². The lowest BCUT2D eigenvalue weighted by Crippen LogP contribution is -2.37. The van der Waals surface area contributed by atoms with Crippen LogP contribution in [0.5, 0.6) is 0 Å². The summed E-state index contributed by atoms with van der Waals surface area (Å²) in [4.78, 5) is 20.1. The summed E-state index contributed by atoms with van der Waals surface area (Å²) in [5.74, 6) is 0.0223. The van der Waals surface area contributed by atoms with Crippen LogP contribution < -0.4 is 0 Å². The van der Waals surface area contributed by atoms with E-state index in [0.29, 0.717) is 42.2 Å². The van der Waals surface area contributed by atoms with Crippen molar-refractivity contribution in [3.63, 3.8) is 0 Å². The highest BCUT2D eigenvalue weighted by Gasteiger charge is 2.27. The first kappa shape index (κ1) is 20.3. The smallest absolute Gasteiger partial charge is 0.223 e. The third-order valence-electron chi connectivity index (χ3n) is 4.51. The minimum absolute atomic E-state index is 0.0674. The van der Waals surface area contributed by atoms with Gasteiger partial charge in [-0.05, 0) is 35.7 Å². The molecule has 148 valence electrons. The lowest BCUT2D eigenvalue weighted by Gasteiger charge is -2.26. The summed E-state index contributed by atoms with van der Waals surface area (Å²) in [7, 11) is 0. The lowest BCUT2D eigenvalue weighted by molar-refractivity contribution is -0.134. The molecule has 2 aromatic carbocycles. The number of nitrogens with zero attached hydrogens (tertiary/aromatic N) is 2.